The van der Waals surface area contributed by atoms with E-state index >= 15 is 0 Å². The molecule has 3 rings (SSSR count). The highest BCUT2D eigenvalue weighted by Gasteiger charge is 2.20. The Morgan fingerprint density at radius 1 is 1.00 bits per heavy atom. The van der Waals surface area contributed by atoms with Gasteiger partial charge in [0.2, 0.25) is 0 Å². The summed E-state index contributed by atoms with van der Waals surface area (Å²) >= 11 is 0. The minimum atomic E-state index is -0.642. The van der Waals surface area contributed by atoms with Crippen molar-refractivity contribution in [3.63, 3.8) is 0 Å². The molecule has 1 aliphatic rings. The fourth-order valence-electron chi connectivity index (χ4n) is 3.42. The fraction of sp³-hybridized carbons (Fsp3) is 0.364. The first-order valence-corrected chi connectivity index (χ1v) is 9.83. The van der Waals surface area contributed by atoms with Gasteiger partial charge in [0.05, 0.1) is 12.8 Å². The summed E-state index contributed by atoms with van der Waals surface area (Å²) in [5.74, 6) is -0.372. The van der Waals surface area contributed by atoms with Gasteiger partial charge in [0.1, 0.15) is 5.75 Å². The first-order valence-electron chi connectivity index (χ1n) is 9.83. The van der Waals surface area contributed by atoms with E-state index < -0.39 is 11.8 Å². The van der Waals surface area contributed by atoms with Crippen molar-refractivity contribution in [2.75, 3.05) is 56.6 Å². The normalized spacial score (nSPS) is 14.3. The molecule has 1 saturated heterocycles. The van der Waals surface area contributed by atoms with Crippen LogP contribution in [-0.4, -0.2) is 63.1 Å². The highest BCUT2D eigenvalue weighted by Crippen LogP contribution is 2.28. The third-order valence-corrected chi connectivity index (χ3v) is 4.99. The zero-order valence-electron chi connectivity index (χ0n) is 17.0. The van der Waals surface area contributed by atoms with Gasteiger partial charge in [-0.1, -0.05) is 24.3 Å². The maximum atomic E-state index is 12.0. The molecule has 7 heteroatoms. The van der Waals surface area contributed by atoms with Crippen molar-refractivity contribution in [2.24, 2.45) is 0 Å². The molecular weight excluding hydrogens is 368 g/mol. The first kappa shape index (κ1) is 20.7. The molecule has 0 unspecified atom stereocenters. The second-order valence-electron chi connectivity index (χ2n) is 7.08. The zero-order valence-corrected chi connectivity index (χ0v) is 17.0. The molecule has 0 atom stereocenters. The van der Waals surface area contributed by atoms with Crippen LogP contribution < -0.4 is 20.3 Å². The number of benzene rings is 2. The lowest BCUT2D eigenvalue weighted by Crippen LogP contribution is -2.49. The number of hydrogen-bond acceptors (Lipinski definition) is 5. The highest BCUT2D eigenvalue weighted by atomic mass is 16.5. The Morgan fingerprint density at radius 2 is 1.76 bits per heavy atom. The van der Waals surface area contributed by atoms with E-state index in [-0.39, 0.29) is 0 Å². The number of amides is 2. The Bertz CT molecular complexity index is 847. The van der Waals surface area contributed by atoms with Crippen molar-refractivity contribution in [3.05, 3.63) is 54.1 Å². The van der Waals surface area contributed by atoms with Crippen molar-refractivity contribution in [2.45, 2.75) is 6.92 Å². The molecule has 1 heterocycles. The molecule has 0 spiro atoms. The van der Waals surface area contributed by atoms with Gasteiger partial charge in [-0.25, -0.2) is 0 Å². The van der Waals surface area contributed by atoms with E-state index in [1.165, 1.54) is 0 Å². The van der Waals surface area contributed by atoms with E-state index in [0.29, 0.717) is 18.8 Å². The van der Waals surface area contributed by atoms with E-state index in [1.807, 2.05) is 43.3 Å². The minimum Gasteiger partial charge on any atom is -0.495 e. The van der Waals surface area contributed by atoms with Gasteiger partial charge in [0.25, 0.3) is 0 Å². The number of nitrogens with one attached hydrogen (secondary N) is 2. The lowest BCUT2D eigenvalue weighted by molar-refractivity contribution is -0.136. The van der Waals surface area contributed by atoms with Crippen LogP contribution in [0.5, 0.6) is 5.75 Å². The summed E-state index contributed by atoms with van der Waals surface area (Å²) in [5.41, 5.74) is 2.75. The van der Waals surface area contributed by atoms with Crippen LogP contribution in [-0.2, 0) is 9.59 Å². The Kier molecular flexibility index (Phi) is 7.08. The van der Waals surface area contributed by atoms with Crippen LogP contribution >= 0.6 is 0 Å². The predicted octanol–water partition coefficient (Wildman–Crippen LogP) is 1.88. The number of piperazine rings is 1. The molecule has 0 aromatic heterocycles. The molecule has 1 aliphatic heterocycles. The van der Waals surface area contributed by atoms with Crippen molar-refractivity contribution in [3.8, 4) is 5.75 Å². The third kappa shape index (κ3) is 5.71. The van der Waals surface area contributed by atoms with Crippen LogP contribution in [0.2, 0.25) is 0 Å². The summed E-state index contributed by atoms with van der Waals surface area (Å²) in [6.07, 6.45) is 0. The van der Waals surface area contributed by atoms with Crippen LogP contribution in [0.15, 0.2) is 48.5 Å². The molecule has 2 N–H and O–H groups in total. The average Bonchev–Trinajstić information content (AvgIpc) is 2.74. The Hall–Kier alpha value is -3.06. The molecule has 29 heavy (non-hydrogen) atoms. The highest BCUT2D eigenvalue weighted by molar-refractivity contribution is 6.39. The van der Waals surface area contributed by atoms with Gasteiger partial charge in [-0.3, -0.25) is 14.5 Å². The number of para-hydroxylation sites is 2. The summed E-state index contributed by atoms with van der Waals surface area (Å²) in [6.45, 7) is 6.65. The largest absolute Gasteiger partial charge is 0.495 e. The van der Waals surface area contributed by atoms with Gasteiger partial charge in [-0.15, -0.1) is 0 Å². The van der Waals surface area contributed by atoms with E-state index in [0.717, 1.165) is 43.2 Å². The fourth-order valence-corrected chi connectivity index (χ4v) is 3.42. The summed E-state index contributed by atoms with van der Waals surface area (Å²) in [6, 6.07) is 15.4. The van der Waals surface area contributed by atoms with Gasteiger partial charge >= 0.3 is 11.8 Å². The molecule has 2 amide bonds. The summed E-state index contributed by atoms with van der Waals surface area (Å²) in [7, 11) is 1.69. The SMILES string of the molecule is COc1ccccc1N1CCN(CCNC(=O)C(=O)Nc2cccc(C)c2)CC1. The smallest absolute Gasteiger partial charge is 0.313 e. The van der Waals surface area contributed by atoms with E-state index in [9.17, 15) is 9.59 Å². The topological polar surface area (TPSA) is 73.9 Å². The number of carbonyl (C=O) groups is 2. The number of aryl methyl sites for hydroxylation is 1. The molecular formula is C22H28N4O3. The quantitative estimate of drug-likeness (QED) is 0.730. The van der Waals surface area contributed by atoms with E-state index in [4.69, 9.17) is 4.74 Å². The van der Waals surface area contributed by atoms with E-state index in [1.54, 1.807) is 13.2 Å². The van der Waals surface area contributed by atoms with Gasteiger partial charge in [-0.2, -0.15) is 0 Å². The third-order valence-electron chi connectivity index (χ3n) is 4.99. The van der Waals surface area contributed by atoms with Gasteiger partial charge in [-0.05, 0) is 36.8 Å². The number of nitrogens with zero attached hydrogens (tertiary/aromatic N) is 2. The van der Waals surface area contributed by atoms with Gasteiger partial charge in [0.15, 0.2) is 0 Å². The Labute approximate surface area is 171 Å². The maximum absolute atomic E-state index is 12.0. The molecule has 0 aliphatic carbocycles. The van der Waals surface area contributed by atoms with Crippen molar-refractivity contribution in [1.29, 1.82) is 0 Å². The van der Waals surface area contributed by atoms with Crippen LogP contribution in [0.3, 0.4) is 0 Å². The predicted molar refractivity (Wildman–Crippen MR) is 114 cm³/mol. The van der Waals surface area contributed by atoms with E-state index in [2.05, 4.69) is 26.5 Å². The second kappa shape index (κ2) is 9.93. The lowest BCUT2D eigenvalue weighted by Gasteiger charge is -2.36. The molecule has 7 nitrogen and oxygen atoms in total. The number of hydrogen-bond donors (Lipinski definition) is 2. The van der Waals surface area contributed by atoms with Gasteiger partial charge in [0, 0.05) is 45.0 Å². The number of carbonyl (C=O) groups excluding carboxylic acids is 2. The number of methoxy groups -OCH3 is 1. The molecule has 154 valence electrons. The maximum Gasteiger partial charge on any atom is 0.313 e. The summed E-state index contributed by atoms with van der Waals surface area (Å²) in [5, 5.41) is 5.32. The van der Waals surface area contributed by atoms with Crippen LogP contribution in [0.1, 0.15) is 5.56 Å². The monoisotopic (exact) mass is 396 g/mol. The summed E-state index contributed by atoms with van der Waals surface area (Å²) in [4.78, 5) is 28.6. The van der Waals surface area contributed by atoms with Crippen molar-refractivity contribution in [1.82, 2.24) is 10.2 Å². The number of rotatable bonds is 6. The van der Waals surface area contributed by atoms with Crippen molar-refractivity contribution < 1.29 is 14.3 Å². The minimum absolute atomic E-state index is 0.439. The van der Waals surface area contributed by atoms with Crippen molar-refractivity contribution >= 4 is 23.2 Å². The van der Waals surface area contributed by atoms with Crippen LogP contribution in [0.25, 0.3) is 0 Å². The molecule has 1 fully saturated rings. The average molecular weight is 396 g/mol. The molecule has 0 bridgehead atoms. The standard InChI is InChI=1S/C22H28N4O3/c1-17-6-5-7-18(16-17)24-22(28)21(27)23-10-11-25-12-14-26(15-13-25)19-8-3-4-9-20(19)29-2/h3-9,16H,10-15H2,1-2H3,(H,23,27)(H,24,28). The first-order chi connectivity index (χ1) is 14.1. The van der Waals surface area contributed by atoms with Crippen LogP contribution in [0, 0.1) is 6.92 Å². The Morgan fingerprint density at radius 3 is 2.48 bits per heavy atom. The molecule has 0 radical (unpaired) electrons. The molecule has 0 saturated carbocycles. The molecule has 2 aromatic carbocycles. The second-order valence-corrected chi connectivity index (χ2v) is 7.08. The molecule has 2 aromatic rings. The van der Waals surface area contributed by atoms with Gasteiger partial charge < -0.3 is 20.3 Å². The lowest BCUT2D eigenvalue weighted by atomic mass is 10.2. The van der Waals surface area contributed by atoms with Crippen LogP contribution in [0.4, 0.5) is 11.4 Å². The number of ether oxygens (including phenoxy) is 1. The number of anilines is 2. The zero-order chi connectivity index (χ0) is 20.6. The summed E-state index contributed by atoms with van der Waals surface area (Å²) < 4.78 is 5.45. The Balaban J connectivity index is 1.39.